The number of carbonyl (C=O) groups is 1. The van der Waals surface area contributed by atoms with Gasteiger partial charge < -0.3 is 11.1 Å². The van der Waals surface area contributed by atoms with E-state index in [0.29, 0.717) is 6.42 Å². The van der Waals surface area contributed by atoms with Crippen LogP contribution in [0.1, 0.15) is 48.0 Å². The van der Waals surface area contributed by atoms with E-state index in [2.05, 4.69) is 25.2 Å². The second-order valence-corrected chi connectivity index (χ2v) is 6.13. The van der Waals surface area contributed by atoms with Crippen molar-refractivity contribution in [2.24, 2.45) is 5.73 Å². The van der Waals surface area contributed by atoms with Gasteiger partial charge in [0.2, 0.25) is 5.91 Å². The van der Waals surface area contributed by atoms with Crippen LogP contribution < -0.4 is 11.1 Å². The lowest BCUT2D eigenvalue weighted by molar-refractivity contribution is -0.121. The van der Waals surface area contributed by atoms with E-state index in [9.17, 15) is 4.79 Å². The standard InChI is InChI=1S/C13H22N2OS.ClH/c1-8(14)5-6-13(16)15-10(3)12-7-9(2)17-11(12)4;/h7-8,10H,5-6,14H2,1-4H3,(H,15,16);1H. The van der Waals surface area contributed by atoms with E-state index >= 15 is 0 Å². The van der Waals surface area contributed by atoms with Crippen molar-refractivity contribution in [1.82, 2.24) is 5.32 Å². The highest BCUT2D eigenvalue weighted by atomic mass is 35.5. The number of carbonyl (C=O) groups excluding carboxylic acids is 1. The minimum Gasteiger partial charge on any atom is -0.350 e. The average molecular weight is 291 g/mol. The Labute approximate surface area is 120 Å². The van der Waals surface area contributed by atoms with Gasteiger partial charge in [-0.15, -0.1) is 23.7 Å². The molecule has 0 aromatic carbocycles. The second-order valence-electron chi connectivity index (χ2n) is 4.67. The molecule has 0 bridgehead atoms. The lowest BCUT2D eigenvalue weighted by Crippen LogP contribution is -2.28. The molecule has 1 aromatic rings. The van der Waals surface area contributed by atoms with E-state index < -0.39 is 0 Å². The third kappa shape index (κ3) is 5.38. The number of nitrogens with one attached hydrogen (secondary N) is 1. The summed E-state index contributed by atoms with van der Waals surface area (Å²) in [7, 11) is 0. The van der Waals surface area contributed by atoms with Crippen molar-refractivity contribution in [3.8, 4) is 0 Å². The summed E-state index contributed by atoms with van der Waals surface area (Å²) >= 11 is 1.77. The zero-order chi connectivity index (χ0) is 13.0. The van der Waals surface area contributed by atoms with Gasteiger partial charge in [0.15, 0.2) is 0 Å². The molecule has 1 rings (SSSR count). The summed E-state index contributed by atoms with van der Waals surface area (Å²) in [6, 6.07) is 2.32. The van der Waals surface area contributed by atoms with Gasteiger partial charge in [0.05, 0.1) is 6.04 Å². The molecule has 1 aromatic heterocycles. The molecule has 2 atom stereocenters. The van der Waals surface area contributed by atoms with Crippen LogP contribution in [0.3, 0.4) is 0 Å². The molecule has 0 saturated carbocycles. The SMILES string of the molecule is Cc1cc(C(C)NC(=O)CCC(C)N)c(C)s1.Cl. The number of aryl methyl sites for hydroxylation is 2. The van der Waals surface area contributed by atoms with Crippen molar-refractivity contribution < 1.29 is 4.79 Å². The third-order valence-corrected chi connectivity index (χ3v) is 3.73. The first-order valence-electron chi connectivity index (χ1n) is 6.02. The Morgan fingerprint density at radius 2 is 2.06 bits per heavy atom. The van der Waals surface area contributed by atoms with Crippen LogP contribution in [0.15, 0.2) is 6.07 Å². The Morgan fingerprint density at radius 1 is 1.44 bits per heavy atom. The summed E-state index contributed by atoms with van der Waals surface area (Å²) in [5.41, 5.74) is 6.86. The highest BCUT2D eigenvalue weighted by molar-refractivity contribution is 7.12. The summed E-state index contributed by atoms with van der Waals surface area (Å²) < 4.78 is 0. The molecule has 0 fully saturated rings. The Hall–Kier alpha value is -0.580. The molecule has 0 aliphatic heterocycles. The number of thiophene rings is 1. The molecular weight excluding hydrogens is 268 g/mol. The van der Waals surface area contributed by atoms with Gasteiger partial charge in [0, 0.05) is 22.2 Å². The Morgan fingerprint density at radius 3 is 2.50 bits per heavy atom. The zero-order valence-electron chi connectivity index (χ0n) is 11.4. The van der Waals surface area contributed by atoms with E-state index in [1.165, 1.54) is 15.3 Å². The van der Waals surface area contributed by atoms with Crippen LogP contribution in [0.5, 0.6) is 0 Å². The van der Waals surface area contributed by atoms with Crippen LogP contribution in [-0.2, 0) is 4.79 Å². The predicted octanol–water partition coefficient (Wildman–Crippen LogP) is 3.09. The largest absolute Gasteiger partial charge is 0.350 e. The fourth-order valence-electron chi connectivity index (χ4n) is 1.83. The van der Waals surface area contributed by atoms with Crippen molar-refractivity contribution in [2.45, 2.75) is 52.6 Å². The van der Waals surface area contributed by atoms with E-state index in [-0.39, 0.29) is 30.4 Å². The molecule has 104 valence electrons. The molecule has 3 nitrogen and oxygen atoms in total. The van der Waals surface area contributed by atoms with Gasteiger partial charge in [-0.25, -0.2) is 0 Å². The molecule has 0 aliphatic carbocycles. The van der Waals surface area contributed by atoms with Crippen LogP contribution in [0.4, 0.5) is 0 Å². The molecule has 2 unspecified atom stereocenters. The maximum Gasteiger partial charge on any atom is 0.220 e. The number of halogens is 1. The number of hydrogen-bond acceptors (Lipinski definition) is 3. The fourth-order valence-corrected chi connectivity index (χ4v) is 2.85. The van der Waals surface area contributed by atoms with Crippen LogP contribution in [0, 0.1) is 13.8 Å². The van der Waals surface area contributed by atoms with E-state index in [0.717, 1.165) is 6.42 Å². The number of rotatable bonds is 5. The lowest BCUT2D eigenvalue weighted by atomic mass is 10.1. The van der Waals surface area contributed by atoms with Gasteiger partial charge >= 0.3 is 0 Å². The van der Waals surface area contributed by atoms with E-state index in [1.807, 2.05) is 13.8 Å². The predicted molar refractivity (Wildman–Crippen MR) is 80.5 cm³/mol. The van der Waals surface area contributed by atoms with Crippen LogP contribution in [-0.4, -0.2) is 11.9 Å². The lowest BCUT2D eigenvalue weighted by Gasteiger charge is -2.14. The van der Waals surface area contributed by atoms with Crippen molar-refractivity contribution in [3.05, 3.63) is 21.4 Å². The van der Waals surface area contributed by atoms with Crippen molar-refractivity contribution in [3.63, 3.8) is 0 Å². The smallest absolute Gasteiger partial charge is 0.220 e. The molecule has 1 heterocycles. The molecular formula is C13H23ClN2OS. The monoisotopic (exact) mass is 290 g/mol. The minimum atomic E-state index is 0. The van der Waals surface area contributed by atoms with Crippen molar-refractivity contribution in [2.75, 3.05) is 0 Å². The maximum atomic E-state index is 11.7. The highest BCUT2D eigenvalue weighted by Crippen LogP contribution is 2.26. The number of amides is 1. The van der Waals surface area contributed by atoms with Crippen LogP contribution >= 0.6 is 23.7 Å². The quantitative estimate of drug-likeness (QED) is 0.875. The van der Waals surface area contributed by atoms with E-state index in [4.69, 9.17) is 5.73 Å². The molecule has 0 aliphatic rings. The van der Waals surface area contributed by atoms with Gasteiger partial charge in [0.25, 0.3) is 0 Å². The summed E-state index contributed by atoms with van der Waals surface area (Å²) in [6.07, 6.45) is 1.24. The molecule has 3 N–H and O–H groups in total. The first kappa shape index (κ1) is 17.4. The molecule has 0 radical (unpaired) electrons. The van der Waals surface area contributed by atoms with Crippen LogP contribution in [0.2, 0.25) is 0 Å². The van der Waals surface area contributed by atoms with Gasteiger partial charge in [0.1, 0.15) is 0 Å². The first-order valence-corrected chi connectivity index (χ1v) is 6.83. The van der Waals surface area contributed by atoms with Gasteiger partial charge in [-0.1, -0.05) is 0 Å². The molecule has 18 heavy (non-hydrogen) atoms. The Balaban J connectivity index is 0.00000289. The van der Waals surface area contributed by atoms with Gasteiger partial charge in [-0.3, -0.25) is 4.79 Å². The topological polar surface area (TPSA) is 55.1 Å². The summed E-state index contributed by atoms with van der Waals surface area (Å²) in [5.74, 6) is 0.0815. The van der Waals surface area contributed by atoms with Crippen LogP contribution in [0.25, 0.3) is 0 Å². The van der Waals surface area contributed by atoms with Crippen molar-refractivity contribution >= 4 is 29.7 Å². The molecule has 1 amide bonds. The first-order chi connectivity index (χ1) is 7.90. The molecule has 5 heteroatoms. The Bertz CT molecular complexity index is 390. The summed E-state index contributed by atoms with van der Waals surface area (Å²) in [4.78, 5) is 14.3. The minimum absolute atomic E-state index is 0. The van der Waals surface area contributed by atoms with Gasteiger partial charge in [-0.2, -0.15) is 0 Å². The van der Waals surface area contributed by atoms with Gasteiger partial charge in [-0.05, 0) is 45.7 Å². The fraction of sp³-hybridized carbons (Fsp3) is 0.615. The normalized spacial score (nSPS) is 13.6. The van der Waals surface area contributed by atoms with E-state index in [1.54, 1.807) is 11.3 Å². The van der Waals surface area contributed by atoms with Crippen molar-refractivity contribution in [1.29, 1.82) is 0 Å². The zero-order valence-corrected chi connectivity index (χ0v) is 13.1. The highest BCUT2D eigenvalue weighted by Gasteiger charge is 2.13. The second kappa shape index (κ2) is 7.77. The Kier molecular flexibility index (Phi) is 7.52. The summed E-state index contributed by atoms with van der Waals surface area (Å²) in [5, 5.41) is 3.02. The molecule has 0 saturated heterocycles. The average Bonchev–Trinajstić information content (AvgIpc) is 2.55. The third-order valence-electron chi connectivity index (χ3n) is 2.75. The number of nitrogens with two attached hydrogens (primary N) is 1. The maximum absolute atomic E-state index is 11.7. The summed E-state index contributed by atoms with van der Waals surface area (Å²) in [6.45, 7) is 8.13. The number of hydrogen-bond donors (Lipinski definition) is 2. The molecule has 0 spiro atoms.